The van der Waals surface area contributed by atoms with Crippen LogP contribution in [0.15, 0.2) is 120 Å². The van der Waals surface area contributed by atoms with Crippen LogP contribution in [0.1, 0.15) is 33.3 Å². The molecule has 0 saturated carbocycles. The first-order valence-electron chi connectivity index (χ1n) is 13.2. The summed E-state index contributed by atoms with van der Waals surface area (Å²) in [4.78, 5) is 8.69. The molecule has 3 aromatic carbocycles. The maximum Gasteiger partial charge on any atom is 3.00 e. The van der Waals surface area contributed by atoms with Crippen molar-refractivity contribution in [2.24, 2.45) is 5.92 Å². The summed E-state index contributed by atoms with van der Waals surface area (Å²) in [5.41, 5.74) is 11.8. The second-order valence-corrected chi connectivity index (χ2v) is 12.1. The van der Waals surface area contributed by atoms with E-state index in [0.717, 1.165) is 21.8 Å². The SMILES string of the molecule is CC1=C(C)C(C)C(c2ccc(-c3ccccc3)cc2)=C1C.F[P-](F)(F)(F)(F)F.[Cl-].[Ir+3].c1cnc2c(c1)ccc1cccnc12. The molecule has 44 heavy (non-hydrogen) atoms. The Bertz CT molecular complexity index is 1740. The topological polar surface area (TPSA) is 25.8 Å². The Morgan fingerprint density at radius 3 is 1.36 bits per heavy atom. The van der Waals surface area contributed by atoms with E-state index in [2.05, 4.69) is 117 Å². The van der Waals surface area contributed by atoms with Gasteiger partial charge < -0.3 is 12.4 Å². The van der Waals surface area contributed by atoms with Gasteiger partial charge in [-0.15, -0.1) is 0 Å². The van der Waals surface area contributed by atoms with Crippen LogP contribution in [0.25, 0.3) is 38.5 Å². The molecular formula is C33H30ClF6IrN2P+. The van der Waals surface area contributed by atoms with Crippen LogP contribution in [-0.4, -0.2) is 9.97 Å². The summed E-state index contributed by atoms with van der Waals surface area (Å²) < 4.78 is 59.2. The van der Waals surface area contributed by atoms with Crippen molar-refractivity contribution in [3.63, 3.8) is 0 Å². The van der Waals surface area contributed by atoms with Crippen LogP contribution in [0.5, 0.6) is 0 Å². The molecule has 0 aliphatic heterocycles. The summed E-state index contributed by atoms with van der Waals surface area (Å²) in [6.45, 7) is 9.07. The van der Waals surface area contributed by atoms with E-state index in [1.807, 2.05) is 12.1 Å². The molecule has 1 atom stereocenters. The summed E-state index contributed by atoms with van der Waals surface area (Å²) in [5.74, 6) is 0.535. The molecule has 1 unspecified atom stereocenters. The van der Waals surface area contributed by atoms with Gasteiger partial charge in [-0.25, -0.2) is 0 Å². The van der Waals surface area contributed by atoms with E-state index >= 15 is 0 Å². The third-order valence-corrected chi connectivity index (χ3v) is 7.29. The van der Waals surface area contributed by atoms with Crippen LogP contribution in [-0.2, 0) is 20.1 Å². The molecule has 2 aromatic heterocycles. The fraction of sp³-hybridized carbons (Fsp3) is 0.152. The van der Waals surface area contributed by atoms with Crippen molar-refractivity contribution in [3.8, 4) is 11.1 Å². The molecule has 5 aromatic rings. The van der Waals surface area contributed by atoms with Gasteiger partial charge in [0.25, 0.3) is 0 Å². The van der Waals surface area contributed by atoms with E-state index in [4.69, 9.17) is 0 Å². The number of hydrogen-bond donors (Lipinski definition) is 0. The van der Waals surface area contributed by atoms with Crippen molar-refractivity contribution in [1.29, 1.82) is 0 Å². The van der Waals surface area contributed by atoms with Gasteiger partial charge in [0.05, 0.1) is 11.0 Å². The molecule has 0 N–H and O–H groups in total. The molecule has 0 radical (unpaired) electrons. The Hall–Kier alpha value is -3.09. The minimum Gasteiger partial charge on any atom is -1.00 e. The minimum absolute atomic E-state index is 0. The quantitative estimate of drug-likeness (QED) is 0.101. The zero-order valence-corrected chi connectivity index (χ0v) is 28.3. The summed E-state index contributed by atoms with van der Waals surface area (Å²) in [7, 11) is -10.7. The second kappa shape index (κ2) is 13.5. The Kier molecular flexibility index (Phi) is 11.4. The number of nitrogens with zero attached hydrogens (tertiary/aromatic N) is 2. The molecule has 1 aliphatic carbocycles. The Morgan fingerprint density at radius 1 is 0.545 bits per heavy atom. The Balaban J connectivity index is 0.000000254. The Labute approximate surface area is 272 Å². The third-order valence-electron chi connectivity index (χ3n) is 7.29. The van der Waals surface area contributed by atoms with Gasteiger partial charge in [-0.05, 0) is 66.3 Å². The number of pyridine rings is 2. The maximum atomic E-state index is 9.87. The number of aromatic nitrogens is 2. The van der Waals surface area contributed by atoms with Crippen LogP contribution in [0.3, 0.4) is 0 Å². The van der Waals surface area contributed by atoms with Gasteiger partial charge in [0, 0.05) is 29.1 Å². The summed E-state index contributed by atoms with van der Waals surface area (Å²) in [6, 6.07) is 31.7. The first-order valence-corrected chi connectivity index (χ1v) is 15.2. The standard InChI is InChI=1S/C21H22.C12H8N2.ClH.F6P.Ir/c1-14-15(2)17(4)21(16(14)3)20-12-10-19(11-13-20)18-8-6-5-7-9-18;1-3-9-5-6-10-4-2-8-14-12(10)11(9)13-7-1;;1-7(2,3,4,5)6;/h5-13,16H,1-4H3;1-8H;1H;;/q;;;-1;+3/p-1. The van der Waals surface area contributed by atoms with Gasteiger partial charge in [0.1, 0.15) is 0 Å². The van der Waals surface area contributed by atoms with Crippen molar-refractivity contribution in [3.05, 3.63) is 126 Å². The molecule has 6 rings (SSSR count). The minimum atomic E-state index is -10.7. The number of fused-ring (bicyclic) bond motifs is 3. The average Bonchev–Trinajstić information content (AvgIpc) is 3.14. The van der Waals surface area contributed by atoms with E-state index < -0.39 is 7.81 Å². The van der Waals surface area contributed by atoms with E-state index in [9.17, 15) is 25.2 Å². The van der Waals surface area contributed by atoms with Gasteiger partial charge in [0.15, 0.2) is 0 Å². The number of halogens is 7. The van der Waals surface area contributed by atoms with Gasteiger partial charge in [-0.1, -0.05) is 91.4 Å². The molecule has 1 aliphatic rings. The van der Waals surface area contributed by atoms with Crippen LogP contribution in [0.4, 0.5) is 25.2 Å². The van der Waals surface area contributed by atoms with Crippen LogP contribution >= 0.6 is 7.81 Å². The number of hydrogen-bond acceptors (Lipinski definition) is 2. The van der Waals surface area contributed by atoms with Gasteiger partial charge in [-0.3, -0.25) is 9.97 Å². The molecule has 234 valence electrons. The molecule has 0 fully saturated rings. The monoisotopic (exact) mass is 827 g/mol. The molecule has 0 spiro atoms. The van der Waals surface area contributed by atoms with Crippen LogP contribution in [0, 0.1) is 5.92 Å². The van der Waals surface area contributed by atoms with E-state index in [1.54, 1.807) is 12.4 Å². The van der Waals surface area contributed by atoms with Crippen molar-refractivity contribution in [1.82, 2.24) is 9.97 Å². The van der Waals surface area contributed by atoms with Gasteiger partial charge in [-0.2, -0.15) is 0 Å². The maximum absolute atomic E-state index is 10.7. The predicted octanol–water partition coefficient (Wildman–Crippen LogP) is 9.28. The molecule has 2 nitrogen and oxygen atoms in total. The van der Waals surface area contributed by atoms with Gasteiger partial charge >= 0.3 is 53.1 Å². The van der Waals surface area contributed by atoms with Crippen LogP contribution in [0.2, 0.25) is 0 Å². The molecule has 11 heteroatoms. The smallest absolute Gasteiger partial charge is 1.00 e. The summed E-state index contributed by atoms with van der Waals surface area (Å²) in [5, 5.41) is 2.28. The van der Waals surface area contributed by atoms with Crippen molar-refractivity contribution in [2.75, 3.05) is 0 Å². The summed E-state index contributed by atoms with van der Waals surface area (Å²) in [6.07, 6.45) is 3.60. The fourth-order valence-corrected chi connectivity index (χ4v) is 4.98. The number of rotatable bonds is 2. The van der Waals surface area contributed by atoms with Crippen molar-refractivity contribution in [2.45, 2.75) is 27.7 Å². The van der Waals surface area contributed by atoms with E-state index in [1.165, 1.54) is 39.0 Å². The second-order valence-electron chi connectivity index (χ2n) is 10.2. The van der Waals surface area contributed by atoms with Gasteiger partial charge in [0.2, 0.25) is 0 Å². The molecule has 2 heterocycles. The molecule has 0 saturated heterocycles. The summed E-state index contributed by atoms with van der Waals surface area (Å²) >= 11 is 0. The number of allylic oxidation sites excluding steroid dienone is 4. The molecular weight excluding hydrogens is 797 g/mol. The number of benzene rings is 3. The largest absolute Gasteiger partial charge is 3.00 e. The zero-order chi connectivity index (χ0) is 30.8. The first kappa shape index (κ1) is 37.1. The zero-order valence-electron chi connectivity index (χ0n) is 24.2. The van der Waals surface area contributed by atoms with Crippen LogP contribution < -0.4 is 12.4 Å². The predicted molar refractivity (Wildman–Crippen MR) is 163 cm³/mol. The molecule has 0 amide bonds. The van der Waals surface area contributed by atoms with Crippen molar-refractivity contribution < 1.29 is 57.7 Å². The normalized spacial score (nSPS) is 16.0. The van der Waals surface area contributed by atoms with E-state index in [-0.39, 0.29) is 32.5 Å². The molecule has 0 bridgehead atoms. The average molecular weight is 827 g/mol. The Morgan fingerprint density at radius 2 is 0.955 bits per heavy atom. The fourth-order valence-electron chi connectivity index (χ4n) is 4.98. The van der Waals surface area contributed by atoms with E-state index in [0.29, 0.717) is 5.92 Å². The first-order chi connectivity index (χ1) is 19.5. The third kappa shape index (κ3) is 10.2. The van der Waals surface area contributed by atoms with Crippen molar-refractivity contribution >= 4 is 35.2 Å².